The highest BCUT2D eigenvalue weighted by atomic mass is 16.5. The predicted molar refractivity (Wildman–Crippen MR) is 111 cm³/mol. The molecule has 0 saturated carbocycles. The molecule has 1 aromatic heterocycles. The third kappa shape index (κ3) is 4.96. The summed E-state index contributed by atoms with van der Waals surface area (Å²) in [6.07, 6.45) is 0. The van der Waals surface area contributed by atoms with E-state index in [1.807, 2.05) is 64.1 Å². The van der Waals surface area contributed by atoms with Crippen molar-refractivity contribution in [2.45, 2.75) is 40.3 Å². The molecule has 3 rings (SSSR count). The number of nitrogens with one attached hydrogen (secondary N) is 1. The normalized spacial score (nSPS) is 12.0. The Labute approximate surface area is 170 Å². The van der Waals surface area contributed by atoms with E-state index in [1.165, 1.54) is 0 Å². The van der Waals surface area contributed by atoms with E-state index in [4.69, 9.17) is 4.74 Å². The Morgan fingerprint density at radius 2 is 1.69 bits per heavy atom. The van der Waals surface area contributed by atoms with Crippen molar-refractivity contribution in [2.75, 3.05) is 0 Å². The molecule has 150 valence electrons. The van der Waals surface area contributed by atoms with Crippen LogP contribution in [0.15, 0.2) is 48.5 Å². The van der Waals surface area contributed by atoms with Gasteiger partial charge in [0.2, 0.25) is 0 Å². The van der Waals surface area contributed by atoms with E-state index < -0.39 is 12.0 Å². The first-order valence-corrected chi connectivity index (χ1v) is 9.61. The van der Waals surface area contributed by atoms with E-state index >= 15 is 0 Å². The molecule has 29 heavy (non-hydrogen) atoms. The van der Waals surface area contributed by atoms with Gasteiger partial charge in [-0.05, 0) is 44.0 Å². The molecule has 0 aliphatic heterocycles. The zero-order valence-electron chi connectivity index (χ0n) is 17.1. The predicted octanol–water partition coefficient (Wildman–Crippen LogP) is 3.74. The van der Waals surface area contributed by atoms with Crippen LogP contribution in [0.1, 0.15) is 41.2 Å². The average molecular weight is 391 g/mol. The molecule has 1 heterocycles. The van der Waals surface area contributed by atoms with Gasteiger partial charge in [0, 0.05) is 5.56 Å². The first-order chi connectivity index (χ1) is 13.8. The van der Waals surface area contributed by atoms with Crippen LogP contribution < -0.4 is 5.32 Å². The topological polar surface area (TPSA) is 81.2 Å². The highest BCUT2D eigenvalue weighted by Gasteiger charge is 2.26. The van der Waals surface area contributed by atoms with Crippen LogP contribution in [0.5, 0.6) is 0 Å². The molecule has 3 aromatic rings. The zero-order chi connectivity index (χ0) is 21.0. The van der Waals surface area contributed by atoms with Gasteiger partial charge < -0.3 is 10.1 Å². The summed E-state index contributed by atoms with van der Waals surface area (Å²) in [6.45, 7) is 7.49. The summed E-state index contributed by atoms with van der Waals surface area (Å²) in [6, 6.07) is 14.0. The molecule has 6 heteroatoms. The average Bonchev–Trinajstić information content (AvgIpc) is 2.69. The number of fused-ring (bicyclic) bond motifs is 1. The number of aromatic nitrogens is 2. The minimum absolute atomic E-state index is 0.00599. The van der Waals surface area contributed by atoms with Crippen LogP contribution in [-0.2, 0) is 16.1 Å². The molecule has 1 amide bonds. The number of carbonyl (C=O) groups excluding carboxylic acids is 2. The number of esters is 1. The van der Waals surface area contributed by atoms with Gasteiger partial charge in [0.15, 0.2) is 0 Å². The molecule has 0 spiro atoms. The number of hydrogen-bond donors (Lipinski definition) is 1. The third-order valence-corrected chi connectivity index (χ3v) is 4.68. The van der Waals surface area contributed by atoms with Crippen molar-refractivity contribution in [1.29, 1.82) is 0 Å². The fourth-order valence-electron chi connectivity index (χ4n) is 3.00. The summed E-state index contributed by atoms with van der Waals surface area (Å²) in [4.78, 5) is 34.3. The molecule has 1 atom stereocenters. The third-order valence-electron chi connectivity index (χ3n) is 4.68. The van der Waals surface area contributed by atoms with Crippen molar-refractivity contribution in [3.05, 3.63) is 71.0 Å². The molecule has 0 fully saturated rings. The van der Waals surface area contributed by atoms with Gasteiger partial charge in [-0.25, -0.2) is 14.8 Å². The van der Waals surface area contributed by atoms with Gasteiger partial charge in [-0.1, -0.05) is 43.7 Å². The number of nitrogens with zero attached hydrogens (tertiary/aromatic N) is 2. The van der Waals surface area contributed by atoms with Crippen LogP contribution in [0.25, 0.3) is 11.0 Å². The lowest BCUT2D eigenvalue weighted by Crippen LogP contribution is -2.45. The minimum atomic E-state index is -0.753. The largest absolute Gasteiger partial charge is 0.458 e. The van der Waals surface area contributed by atoms with Crippen LogP contribution >= 0.6 is 0 Å². The second-order valence-electron chi connectivity index (χ2n) is 7.42. The Morgan fingerprint density at radius 1 is 1.00 bits per heavy atom. The summed E-state index contributed by atoms with van der Waals surface area (Å²) in [5.74, 6) is -0.915. The highest BCUT2D eigenvalue weighted by Crippen LogP contribution is 2.14. The van der Waals surface area contributed by atoms with Crippen molar-refractivity contribution < 1.29 is 14.3 Å². The van der Waals surface area contributed by atoms with Crippen LogP contribution in [0.4, 0.5) is 0 Å². The Kier molecular flexibility index (Phi) is 6.22. The maximum Gasteiger partial charge on any atom is 0.329 e. The van der Waals surface area contributed by atoms with Gasteiger partial charge in [-0.2, -0.15) is 0 Å². The summed E-state index contributed by atoms with van der Waals surface area (Å²) in [5, 5.41) is 2.79. The summed E-state index contributed by atoms with van der Waals surface area (Å²) < 4.78 is 5.49. The fraction of sp³-hybridized carbons (Fsp3) is 0.304. The molecular weight excluding hydrogens is 366 g/mol. The van der Waals surface area contributed by atoms with Crippen molar-refractivity contribution >= 4 is 22.9 Å². The molecule has 2 aromatic carbocycles. The van der Waals surface area contributed by atoms with E-state index in [-0.39, 0.29) is 18.4 Å². The van der Waals surface area contributed by atoms with Gasteiger partial charge in [0.1, 0.15) is 12.6 Å². The van der Waals surface area contributed by atoms with Crippen LogP contribution in [-0.4, -0.2) is 27.9 Å². The summed E-state index contributed by atoms with van der Waals surface area (Å²) in [7, 11) is 0. The summed E-state index contributed by atoms with van der Waals surface area (Å²) in [5.41, 5.74) is 4.35. The second-order valence-corrected chi connectivity index (χ2v) is 7.42. The molecule has 0 unspecified atom stereocenters. The van der Waals surface area contributed by atoms with E-state index in [9.17, 15) is 9.59 Å². The van der Waals surface area contributed by atoms with Gasteiger partial charge in [0.25, 0.3) is 5.91 Å². The van der Waals surface area contributed by atoms with Crippen LogP contribution in [0, 0.1) is 19.8 Å². The molecule has 0 aliphatic carbocycles. The van der Waals surface area contributed by atoms with E-state index in [2.05, 4.69) is 15.3 Å². The molecule has 1 N–H and O–H groups in total. The number of para-hydroxylation sites is 2. The van der Waals surface area contributed by atoms with Crippen LogP contribution in [0.2, 0.25) is 0 Å². The minimum Gasteiger partial charge on any atom is -0.458 e. The number of hydrogen-bond acceptors (Lipinski definition) is 5. The van der Waals surface area contributed by atoms with Crippen molar-refractivity contribution in [3.63, 3.8) is 0 Å². The lowest BCUT2D eigenvalue weighted by Gasteiger charge is -2.21. The zero-order valence-corrected chi connectivity index (χ0v) is 17.1. The maximum absolute atomic E-state index is 12.7. The number of carbonyl (C=O) groups is 2. The second kappa shape index (κ2) is 8.82. The van der Waals surface area contributed by atoms with Crippen LogP contribution in [0.3, 0.4) is 0 Å². The number of rotatable bonds is 6. The van der Waals surface area contributed by atoms with E-state index in [1.54, 1.807) is 12.1 Å². The lowest BCUT2D eigenvalue weighted by atomic mass is 10.0. The van der Waals surface area contributed by atoms with Crippen molar-refractivity contribution in [2.24, 2.45) is 5.92 Å². The first-order valence-electron chi connectivity index (χ1n) is 9.61. The quantitative estimate of drug-likeness (QED) is 0.647. The molecule has 0 radical (unpaired) electrons. The van der Waals surface area contributed by atoms with Gasteiger partial charge in [0.05, 0.1) is 22.4 Å². The van der Waals surface area contributed by atoms with Gasteiger partial charge in [-0.3, -0.25) is 4.79 Å². The summed E-state index contributed by atoms with van der Waals surface area (Å²) >= 11 is 0. The lowest BCUT2D eigenvalue weighted by molar-refractivity contribution is -0.148. The van der Waals surface area contributed by atoms with Crippen molar-refractivity contribution in [1.82, 2.24) is 15.3 Å². The smallest absolute Gasteiger partial charge is 0.329 e. The number of amides is 1. The van der Waals surface area contributed by atoms with E-state index in [0.717, 1.165) is 16.6 Å². The Balaban J connectivity index is 1.70. The Bertz CT molecular complexity index is 1050. The SMILES string of the molecule is Cc1cccc(C(=O)N[C@H](C(=O)OCc2nc3ccccc3nc2C)C(C)C)c1. The molecule has 0 aliphatic rings. The standard InChI is InChI=1S/C23H25N3O3/c1-14(2)21(26-22(27)17-9-7-8-15(3)12-17)23(28)29-13-20-16(4)24-18-10-5-6-11-19(18)25-20/h5-12,14,21H,13H2,1-4H3,(H,26,27)/t21-/m0/s1. The monoisotopic (exact) mass is 391 g/mol. The van der Waals surface area contributed by atoms with Gasteiger partial charge in [-0.15, -0.1) is 0 Å². The Morgan fingerprint density at radius 3 is 2.34 bits per heavy atom. The van der Waals surface area contributed by atoms with Crippen molar-refractivity contribution in [3.8, 4) is 0 Å². The van der Waals surface area contributed by atoms with E-state index in [0.29, 0.717) is 17.0 Å². The molecule has 0 bridgehead atoms. The molecule has 6 nitrogen and oxygen atoms in total. The first kappa shape index (κ1) is 20.5. The van der Waals surface area contributed by atoms with Gasteiger partial charge >= 0.3 is 5.97 Å². The maximum atomic E-state index is 12.7. The number of aryl methyl sites for hydroxylation is 2. The fourth-order valence-corrected chi connectivity index (χ4v) is 3.00. The number of ether oxygens (including phenoxy) is 1. The number of benzene rings is 2. The molecule has 0 saturated heterocycles. The molecular formula is C23H25N3O3. The Hall–Kier alpha value is -3.28. The highest BCUT2D eigenvalue weighted by molar-refractivity contribution is 5.97.